The van der Waals surface area contributed by atoms with E-state index in [2.05, 4.69) is 4.99 Å². The first-order valence-electron chi connectivity index (χ1n) is 9.51. The van der Waals surface area contributed by atoms with E-state index in [9.17, 15) is 27.8 Å². The molecular formula is C19H24F4N2O5S. The van der Waals surface area contributed by atoms with Gasteiger partial charge in [0.1, 0.15) is 48.8 Å². The van der Waals surface area contributed by atoms with E-state index < -0.39 is 55.4 Å². The number of amidine groups is 1. The van der Waals surface area contributed by atoms with Crippen LogP contribution in [-0.4, -0.2) is 89.7 Å². The maximum absolute atomic E-state index is 13.8. The van der Waals surface area contributed by atoms with E-state index in [1.165, 1.54) is 24.3 Å². The molecule has 3 rings (SSSR count). The zero-order valence-corrected chi connectivity index (χ0v) is 17.6. The van der Waals surface area contributed by atoms with Crippen LogP contribution in [0.3, 0.4) is 0 Å². The van der Waals surface area contributed by atoms with E-state index in [4.69, 9.17) is 14.2 Å². The molecule has 1 aromatic carbocycles. The number of fused-ring (bicyclic) bond motifs is 1. The maximum Gasteiger partial charge on any atom is 0.417 e. The fourth-order valence-electron chi connectivity index (χ4n) is 3.24. The lowest BCUT2D eigenvalue weighted by atomic mass is 9.94. The number of rotatable bonds is 7. The van der Waals surface area contributed by atoms with Crippen LogP contribution in [0.1, 0.15) is 5.56 Å². The Bertz CT molecular complexity index is 765. The van der Waals surface area contributed by atoms with Gasteiger partial charge in [-0.25, -0.2) is 4.39 Å². The van der Waals surface area contributed by atoms with Gasteiger partial charge in [0.2, 0.25) is 0 Å². The molecule has 2 aliphatic rings. The smallest absolute Gasteiger partial charge is 0.417 e. The Morgan fingerprint density at radius 3 is 2.45 bits per heavy atom. The van der Waals surface area contributed by atoms with Crippen molar-refractivity contribution >= 4 is 16.9 Å². The highest BCUT2D eigenvalue weighted by atomic mass is 32.2. The number of aliphatic imine (C=N–C) groups is 1. The number of aliphatic hydroxyl groups is 2. The third-order valence-electron chi connectivity index (χ3n) is 4.79. The normalized spacial score (nSPS) is 29.3. The Hall–Kier alpha value is -1.60. The summed E-state index contributed by atoms with van der Waals surface area (Å²) in [5, 5.41) is 21.2. The summed E-state index contributed by atoms with van der Waals surface area (Å²) < 4.78 is 69.2. The maximum atomic E-state index is 13.8. The fraction of sp³-hybridized carbons (Fsp3) is 0.632. The number of thioether (sulfide) groups is 1. The van der Waals surface area contributed by atoms with E-state index in [0.717, 1.165) is 11.8 Å². The van der Waals surface area contributed by atoms with Crippen molar-refractivity contribution in [2.75, 3.05) is 27.4 Å². The van der Waals surface area contributed by atoms with Gasteiger partial charge < -0.3 is 29.3 Å². The van der Waals surface area contributed by atoms with Crippen molar-refractivity contribution in [1.29, 1.82) is 0 Å². The first-order valence-corrected chi connectivity index (χ1v) is 10.4. The quantitative estimate of drug-likeness (QED) is 0.592. The highest BCUT2D eigenvalue weighted by molar-refractivity contribution is 8.14. The molecule has 0 aromatic heterocycles. The molecule has 174 valence electrons. The largest absolute Gasteiger partial charge is 0.491 e. The average Bonchev–Trinajstić information content (AvgIpc) is 3.15. The second-order valence-corrected chi connectivity index (χ2v) is 8.38. The molecule has 12 heteroatoms. The second-order valence-electron chi connectivity index (χ2n) is 7.32. The SMILES string of the molecule is CN(C)C1=N[C@@H]2[C@@H](O)[C@H](O)C([C@@H](OCc3ccc(OCCF)cc3)C(F)(F)F)O[C@@H]2S1. The predicted molar refractivity (Wildman–Crippen MR) is 106 cm³/mol. The predicted octanol–water partition coefficient (Wildman–Crippen LogP) is 1.96. The van der Waals surface area contributed by atoms with Crippen LogP contribution >= 0.6 is 11.8 Å². The van der Waals surface area contributed by atoms with Gasteiger partial charge >= 0.3 is 6.18 Å². The van der Waals surface area contributed by atoms with Crippen molar-refractivity contribution in [2.24, 2.45) is 4.99 Å². The van der Waals surface area contributed by atoms with Crippen LogP contribution in [0.25, 0.3) is 0 Å². The number of halogens is 4. The van der Waals surface area contributed by atoms with Gasteiger partial charge in [-0.05, 0) is 17.7 Å². The molecule has 7 nitrogen and oxygen atoms in total. The highest BCUT2D eigenvalue weighted by Gasteiger charge is 2.57. The first-order chi connectivity index (χ1) is 14.6. The summed E-state index contributed by atoms with van der Waals surface area (Å²) in [6.07, 6.45) is -12.5. The Morgan fingerprint density at radius 1 is 1.19 bits per heavy atom. The van der Waals surface area contributed by atoms with Crippen LogP contribution in [0.4, 0.5) is 17.6 Å². The molecule has 2 N–H and O–H groups in total. The number of aliphatic hydroxyl groups excluding tert-OH is 2. The lowest BCUT2D eigenvalue weighted by Crippen LogP contribution is -2.61. The van der Waals surface area contributed by atoms with Crippen LogP contribution in [0.5, 0.6) is 5.75 Å². The molecule has 6 atom stereocenters. The fourth-order valence-corrected chi connectivity index (χ4v) is 4.39. The van der Waals surface area contributed by atoms with E-state index in [0.29, 0.717) is 16.5 Å². The summed E-state index contributed by atoms with van der Waals surface area (Å²) in [4.78, 5) is 5.89. The molecule has 1 aromatic rings. The second kappa shape index (κ2) is 9.90. The topological polar surface area (TPSA) is 83.8 Å². The van der Waals surface area contributed by atoms with Gasteiger partial charge in [0.25, 0.3) is 0 Å². The van der Waals surface area contributed by atoms with Crippen molar-refractivity contribution in [3.8, 4) is 5.75 Å². The minimum Gasteiger partial charge on any atom is -0.491 e. The van der Waals surface area contributed by atoms with Crippen molar-refractivity contribution in [3.63, 3.8) is 0 Å². The Labute approximate surface area is 181 Å². The summed E-state index contributed by atoms with van der Waals surface area (Å²) in [6.45, 7) is -1.20. The van der Waals surface area contributed by atoms with E-state index in [1.54, 1.807) is 19.0 Å². The first kappa shape index (κ1) is 24.1. The molecule has 0 spiro atoms. The molecule has 0 aliphatic carbocycles. The third kappa shape index (κ3) is 5.61. The number of nitrogens with zero attached hydrogens (tertiary/aromatic N) is 2. The number of hydrogen-bond donors (Lipinski definition) is 2. The molecule has 0 radical (unpaired) electrons. The zero-order valence-electron chi connectivity index (χ0n) is 16.8. The molecule has 2 aliphatic heterocycles. The third-order valence-corrected chi connectivity index (χ3v) is 6.09. The van der Waals surface area contributed by atoms with Crippen LogP contribution in [-0.2, 0) is 16.1 Å². The number of ether oxygens (including phenoxy) is 3. The molecule has 31 heavy (non-hydrogen) atoms. The molecule has 1 saturated heterocycles. The molecule has 0 bridgehead atoms. The molecule has 1 unspecified atom stereocenters. The van der Waals surface area contributed by atoms with Gasteiger partial charge in [-0.15, -0.1) is 0 Å². The summed E-state index contributed by atoms with van der Waals surface area (Å²) in [6, 6.07) is 5.10. The Balaban J connectivity index is 1.70. The average molecular weight is 468 g/mol. The van der Waals surface area contributed by atoms with Gasteiger partial charge in [0.05, 0.1) is 6.61 Å². The van der Waals surface area contributed by atoms with Crippen molar-refractivity contribution in [2.45, 2.75) is 48.7 Å². The minimum atomic E-state index is -4.85. The highest BCUT2D eigenvalue weighted by Crippen LogP contribution is 2.41. The lowest BCUT2D eigenvalue weighted by Gasteiger charge is -2.41. The molecule has 0 amide bonds. The molecule has 0 saturated carbocycles. The summed E-state index contributed by atoms with van der Waals surface area (Å²) in [7, 11) is 3.41. The zero-order chi connectivity index (χ0) is 22.8. The van der Waals surface area contributed by atoms with Crippen molar-refractivity contribution in [1.82, 2.24) is 4.90 Å². The van der Waals surface area contributed by atoms with Crippen molar-refractivity contribution in [3.05, 3.63) is 29.8 Å². The van der Waals surface area contributed by atoms with E-state index in [-0.39, 0.29) is 6.61 Å². The lowest BCUT2D eigenvalue weighted by molar-refractivity contribution is -0.286. The number of benzene rings is 1. The standard InChI is InChI=1S/C19H24F4N2O5S/c1-25(2)18-24-12-13(26)14(27)15(30-17(12)31-18)16(19(21,22)23)29-9-10-3-5-11(6-4-10)28-8-7-20/h3-6,12-17,26-27H,7-9H2,1-2H3/t12-,13-,14+,15?,16-,17-/m1/s1. The monoisotopic (exact) mass is 468 g/mol. The summed E-state index contributed by atoms with van der Waals surface area (Å²) in [5.74, 6) is 0.379. The van der Waals surface area contributed by atoms with Crippen LogP contribution in [0.2, 0.25) is 0 Å². The van der Waals surface area contributed by atoms with Gasteiger partial charge in [-0.1, -0.05) is 23.9 Å². The van der Waals surface area contributed by atoms with Gasteiger partial charge in [0, 0.05) is 14.1 Å². The summed E-state index contributed by atoms with van der Waals surface area (Å²) in [5.41, 5.74) is -0.458. The minimum absolute atomic E-state index is 0.120. The van der Waals surface area contributed by atoms with Crippen molar-refractivity contribution < 1.29 is 42.0 Å². The van der Waals surface area contributed by atoms with Crippen LogP contribution in [0, 0.1) is 0 Å². The summed E-state index contributed by atoms with van der Waals surface area (Å²) >= 11 is 1.08. The van der Waals surface area contributed by atoms with Crippen LogP contribution < -0.4 is 4.74 Å². The number of alkyl halides is 4. The van der Waals surface area contributed by atoms with Crippen LogP contribution in [0.15, 0.2) is 29.3 Å². The van der Waals surface area contributed by atoms with Gasteiger partial charge in [-0.3, -0.25) is 4.99 Å². The molecular weight excluding hydrogens is 444 g/mol. The van der Waals surface area contributed by atoms with E-state index in [1.807, 2.05) is 0 Å². The van der Waals surface area contributed by atoms with Gasteiger partial charge in [-0.2, -0.15) is 13.2 Å². The number of hydrogen-bond acceptors (Lipinski definition) is 8. The Kier molecular flexibility index (Phi) is 7.68. The Morgan fingerprint density at radius 2 is 1.87 bits per heavy atom. The van der Waals surface area contributed by atoms with Gasteiger partial charge in [0.15, 0.2) is 11.3 Å². The van der Waals surface area contributed by atoms with E-state index >= 15 is 0 Å². The molecule has 1 fully saturated rings. The molecule has 2 heterocycles.